The smallest absolute Gasteiger partial charge is 0.364 e. The quantitative estimate of drug-likeness (QED) is 0.752. The number of carbonyl (C=O) groups is 2. The molecule has 0 radical (unpaired) electrons. The maximum Gasteiger partial charge on any atom is 0.471 e. The van der Waals surface area contributed by atoms with Crippen LogP contribution in [0.3, 0.4) is 0 Å². The van der Waals surface area contributed by atoms with E-state index in [0.717, 1.165) is 7.05 Å². The molecule has 1 aromatic carbocycles. The number of rotatable bonds is 2. The largest absolute Gasteiger partial charge is 0.471 e. The van der Waals surface area contributed by atoms with Crippen molar-refractivity contribution in [2.75, 3.05) is 11.9 Å². The molecule has 0 unspecified atom stereocenters. The van der Waals surface area contributed by atoms with Crippen LogP contribution in [0, 0.1) is 0 Å². The summed E-state index contributed by atoms with van der Waals surface area (Å²) in [6.45, 7) is 0. The van der Waals surface area contributed by atoms with E-state index in [1.54, 1.807) is 6.07 Å². The van der Waals surface area contributed by atoms with Gasteiger partial charge in [-0.3, -0.25) is 9.59 Å². The molecule has 0 spiro atoms. The maximum atomic E-state index is 12.6. The molecule has 0 bridgehead atoms. The average molecular weight is 336 g/mol. The Morgan fingerprint density at radius 1 is 1.21 bits per heavy atom. The minimum Gasteiger partial charge on any atom is -0.364 e. The number of halogens is 3. The lowest BCUT2D eigenvalue weighted by Gasteiger charge is -2.18. The van der Waals surface area contributed by atoms with Crippen LogP contribution in [0.4, 0.5) is 18.9 Å². The topological polar surface area (TPSA) is 92.1 Å². The number of nitrogens with one attached hydrogen (secondary N) is 1. The molecule has 9 heteroatoms. The third-order valence-corrected chi connectivity index (χ3v) is 3.67. The van der Waals surface area contributed by atoms with Crippen molar-refractivity contribution >= 4 is 39.3 Å². The van der Waals surface area contributed by atoms with Crippen molar-refractivity contribution in [2.24, 2.45) is 5.73 Å². The van der Waals surface area contributed by atoms with Crippen LogP contribution >= 0.6 is 0 Å². The fourth-order valence-corrected chi connectivity index (χ4v) is 2.51. The fraction of sp³-hybridized carbons (Fsp3) is 0.133. The molecule has 3 aromatic rings. The van der Waals surface area contributed by atoms with E-state index in [-0.39, 0.29) is 11.4 Å². The predicted molar refractivity (Wildman–Crippen MR) is 81.6 cm³/mol. The highest BCUT2D eigenvalue weighted by molar-refractivity contribution is 6.14. The molecular weight excluding hydrogens is 325 g/mol. The summed E-state index contributed by atoms with van der Waals surface area (Å²) >= 11 is 0. The number of fused-ring (bicyclic) bond motifs is 3. The van der Waals surface area contributed by atoms with Gasteiger partial charge < -0.3 is 15.6 Å². The molecule has 3 N–H and O–H groups in total. The second kappa shape index (κ2) is 5.22. The summed E-state index contributed by atoms with van der Waals surface area (Å²) in [4.78, 5) is 30.2. The molecular formula is C15H11F3N4O2. The number of amides is 2. The van der Waals surface area contributed by atoms with Gasteiger partial charge in [0.25, 0.3) is 5.91 Å². The Labute approximate surface area is 133 Å². The zero-order valence-electron chi connectivity index (χ0n) is 12.3. The zero-order chi connectivity index (χ0) is 17.6. The molecule has 6 nitrogen and oxygen atoms in total. The van der Waals surface area contributed by atoms with Crippen LogP contribution in [0.5, 0.6) is 0 Å². The highest BCUT2D eigenvalue weighted by Gasteiger charge is 2.41. The van der Waals surface area contributed by atoms with E-state index < -0.39 is 18.0 Å². The predicted octanol–water partition coefficient (Wildman–Crippen LogP) is 2.34. The van der Waals surface area contributed by atoms with Crippen LogP contribution in [0.1, 0.15) is 10.5 Å². The number of hydrogen-bond donors (Lipinski definition) is 2. The number of H-pyrrole nitrogens is 1. The van der Waals surface area contributed by atoms with Crippen LogP contribution in [-0.4, -0.2) is 35.0 Å². The number of primary amides is 1. The lowest BCUT2D eigenvalue weighted by atomic mass is 10.1. The van der Waals surface area contributed by atoms with Gasteiger partial charge in [0.15, 0.2) is 5.69 Å². The van der Waals surface area contributed by atoms with Gasteiger partial charge in [-0.25, -0.2) is 4.98 Å². The van der Waals surface area contributed by atoms with Crippen molar-refractivity contribution in [3.05, 3.63) is 36.2 Å². The Morgan fingerprint density at radius 2 is 1.92 bits per heavy atom. The average Bonchev–Trinajstić information content (AvgIpc) is 2.90. The Morgan fingerprint density at radius 3 is 2.54 bits per heavy atom. The van der Waals surface area contributed by atoms with Gasteiger partial charge in [-0.05, 0) is 24.3 Å². The molecule has 2 aromatic heterocycles. The number of aromatic nitrogens is 2. The summed E-state index contributed by atoms with van der Waals surface area (Å²) in [6, 6.07) is 5.94. The lowest BCUT2D eigenvalue weighted by Crippen LogP contribution is -2.38. The van der Waals surface area contributed by atoms with E-state index >= 15 is 0 Å². The van der Waals surface area contributed by atoms with Crippen LogP contribution in [0.15, 0.2) is 30.5 Å². The minimum absolute atomic E-state index is 0.0324. The SMILES string of the molecule is CN(C(=O)C(F)(F)F)c1ccc2[nH]c3c(C(N)=O)nccc3c2c1. The van der Waals surface area contributed by atoms with Crippen LogP contribution in [0.25, 0.3) is 21.8 Å². The number of anilines is 1. The van der Waals surface area contributed by atoms with E-state index in [4.69, 9.17) is 5.73 Å². The molecule has 0 aliphatic rings. The molecule has 24 heavy (non-hydrogen) atoms. The molecule has 0 aliphatic carbocycles. The molecule has 0 saturated heterocycles. The van der Waals surface area contributed by atoms with E-state index in [2.05, 4.69) is 9.97 Å². The monoisotopic (exact) mass is 336 g/mol. The summed E-state index contributed by atoms with van der Waals surface area (Å²) in [5.41, 5.74) is 6.34. The summed E-state index contributed by atoms with van der Waals surface area (Å²) < 4.78 is 37.7. The Balaban J connectivity index is 2.18. The Hall–Kier alpha value is -3.10. The number of nitrogens with zero attached hydrogens (tertiary/aromatic N) is 2. The molecule has 2 heterocycles. The summed E-state index contributed by atoms with van der Waals surface area (Å²) in [5.74, 6) is -2.70. The van der Waals surface area contributed by atoms with Crippen LogP contribution < -0.4 is 10.6 Å². The molecule has 0 saturated carbocycles. The summed E-state index contributed by atoms with van der Waals surface area (Å²) in [7, 11) is 1.04. The first kappa shape index (κ1) is 15.8. The second-order valence-corrected chi connectivity index (χ2v) is 5.16. The number of pyridine rings is 1. The molecule has 0 fully saturated rings. The van der Waals surface area contributed by atoms with Gasteiger partial charge in [0.05, 0.1) is 5.52 Å². The number of alkyl halides is 3. The Bertz CT molecular complexity index is 978. The van der Waals surface area contributed by atoms with Gasteiger partial charge in [-0.2, -0.15) is 13.2 Å². The van der Waals surface area contributed by atoms with Crippen molar-refractivity contribution in [1.82, 2.24) is 9.97 Å². The fourth-order valence-electron chi connectivity index (χ4n) is 2.51. The number of hydrogen-bond acceptors (Lipinski definition) is 3. The molecule has 124 valence electrons. The number of nitrogens with two attached hydrogens (primary N) is 1. The third-order valence-electron chi connectivity index (χ3n) is 3.67. The lowest BCUT2D eigenvalue weighted by molar-refractivity contribution is -0.170. The van der Waals surface area contributed by atoms with E-state index in [1.807, 2.05) is 0 Å². The first-order valence-electron chi connectivity index (χ1n) is 6.75. The number of carbonyl (C=O) groups excluding carboxylic acids is 2. The molecule has 3 rings (SSSR count). The van der Waals surface area contributed by atoms with Gasteiger partial charge >= 0.3 is 12.1 Å². The first-order valence-corrected chi connectivity index (χ1v) is 6.75. The second-order valence-electron chi connectivity index (χ2n) is 5.16. The molecule has 2 amide bonds. The summed E-state index contributed by atoms with van der Waals surface area (Å²) in [6.07, 6.45) is -3.58. The summed E-state index contributed by atoms with van der Waals surface area (Å²) in [5, 5.41) is 1.12. The minimum atomic E-state index is -4.97. The van der Waals surface area contributed by atoms with Gasteiger partial charge in [-0.1, -0.05) is 0 Å². The maximum absolute atomic E-state index is 12.6. The van der Waals surface area contributed by atoms with Crippen molar-refractivity contribution in [1.29, 1.82) is 0 Å². The van der Waals surface area contributed by atoms with Crippen LogP contribution in [0.2, 0.25) is 0 Å². The number of benzene rings is 1. The standard InChI is InChI=1S/C15H11F3N4O2/c1-22(14(24)15(16,17)18)7-2-3-10-9(6-7)8-4-5-20-12(13(19)23)11(8)21-10/h2-6,21H,1H3,(H2,19,23). The normalized spacial score (nSPS) is 11.8. The molecule has 0 aliphatic heterocycles. The van der Waals surface area contributed by atoms with E-state index in [0.29, 0.717) is 26.7 Å². The van der Waals surface area contributed by atoms with Crippen molar-refractivity contribution in [3.8, 4) is 0 Å². The van der Waals surface area contributed by atoms with Gasteiger partial charge in [0.2, 0.25) is 0 Å². The molecule has 0 atom stereocenters. The van der Waals surface area contributed by atoms with Crippen molar-refractivity contribution in [3.63, 3.8) is 0 Å². The number of aromatic amines is 1. The highest BCUT2D eigenvalue weighted by atomic mass is 19.4. The van der Waals surface area contributed by atoms with Crippen molar-refractivity contribution < 1.29 is 22.8 Å². The first-order chi connectivity index (χ1) is 11.2. The van der Waals surface area contributed by atoms with Crippen molar-refractivity contribution in [2.45, 2.75) is 6.18 Å². The van der Waals surface area contributed by atoms with E-state index in [9.17, 15) is 22.8 Å². The van der Waals surface area contributed by atoms with E-state index in [1.165, 1.54) is 24.4 Å². The zero-order valence-corrected chi connectivity index (χ0v) is 12.3. The Kier molecular flexibility index (Phi) is 3.43. The van der Waals surface area contributed by atoms with Crippen LogP contribution in [-0.2, 0) is 4.79 Å². The van der Waals surface area contributed by atoms with Gasteiger partial charge in [0, 0.05) is 35.2 Å². The third kappa shape index (κ3) is 2.43. The highest BCUT2D eigenvalue weighted by Crippen LogP contribution is 2.31. The van der Waals surface area contributed by atoms with Gasteiger partial charge in [0.1, 0.15) is 0 Å². The van der Waals surface area contributed by atoms with Gasteiger partial charge in [-0.15, -0.1) is 0 Å².